The van der Waals surface area contributed by atoms with Gasteiger partial charge in [0.05, 0.1) is 22.2 Å². The van der Waals surface area contributed by atoms with Crippen molar-refractivity contribution in [2.75, 3.05) is 5.32 Å². The Hall–Kier alpha value is -3.21. The number of anilines is 1. The monoisotopic (exact) mass is 452 g/mol. The van der Waals surface area contributed by atoms with Crippen LogP contribution in [0.5, 0.6) is 0 Å². The van der Waals surface area contributed by atoms with E-state index in [1.807, 2.05) is 13.8 Å². The first-order chi connectivity index (χ1) is 14.5. The molecule has 7 nitrogen and oxygen atoms in total. The van der Waals surface area contributed by atoms with E-state index in [2.05, 4.69) is 15.6 Å². The number of hydrogen-bond acceptors (Lipinski definition) is 5. The summed E-state index contributed by atoms with van der Waals surface area (Å²) in [5, 5.41) is 5.34. The molecule has 0 atom stereocenters. The smallest absolute Gasteiger partial charge is 0.349 e. The molecule has 0 spiro atoms. The van der Waals surface area contributed by atoms with Gasteiger partial charge in [0, 0.05) is 11.7 Å². The van der Waals surface area contributed by atoms with Crippen molar-refractivity contribution in [3.8, 4) is 0 Å². The normalized spacial score (nSPS) is 11.7. The fourth-order valence-electron chi connectivity index (χ4n) is 2.94. The number of halogens is 3. The van der Waals surface area contributed by atoms with Crippen molar-refractivity contribution in [2.24, 2.45) is 0 Å². The average molecular weight is 452 g/mol. The van der Waals surface area contributed by atoms with Gasteiger partial charge in [0.15, 0.2) is 0 Å². The van der Waals surface area contributed by atoms with E-state index in [0.29, 0.717) is 15.3 Å². The molecule has 2 N–H and O–H groups in total. The number of aryl methyl sites for hydroxylation is 1. The number of alkyl halides is 3. The summed E-state index contributed by atoms with van der Waals surface area (Å²) < 4.78 is 39.5. The van der Waals surface area contributed by atoms with Gasteiger partial charge in [-0.1, -0.05) is 6.07 Å². The van der Waals surface area contributed by atoms with Crippen molar-refractivity contribution in [3.63, 3.8) is 0 Å². The molecule has 1 aromatic carbocycles. The zero-order valence-corrected chi connectivity index (χ0v) is 17.6. The summed E-state index contributed by atoms with van der Waals surface area (Å²) in [5.41, 5.74) is -0.988. The maximum Gasteiger partial charge on any atom is 0.416 e. The molecule has 0 saturated heterocycles. The van der Waals surface area contributed by atoms with Crippen LogP contribution in [0, 0.1) is 6.92 Å². The molecule has 2 aromatic heterocycles. The molecule has 0 aliphatic heterocycles. The summed E-state index contributed by atoms with van der Waals surface area (Å²) in [5.74, 6) is -1.00. The van der Waals surface area contributed by atoms with Crippen LogP contribution in [0.2, 0.25) is 0 Å². The Kier molecular flexibility index (Phi) is 6.16. The van der Waals surface area contributed by atoms with Crippen molar-refractivity contribution in [1.82, 2.24) is 14.9 Å². The minimum atomic E-state index is -4.54. The highest BCUT2D eigenvalue weighted by Gasteiger charge is 2.30. The van der Waals surface area contributed by atoms with E-state index < -0.39 is 29.8 Å². The molecule has 0 unspecified atom stereocenters. The summed E-state index contributed by atoms with van der Waals surface area (Å²) in [7, 11) is 0. The highest BCUT2D eigenvalue weighted by molar-refractivity contribution is 7.20. The van der Waals surface area contributed by atoms with E-state index in [-0.39, 0.29) is 23.0 Å². The Morgan fingerprint density at radius 2 is 1.97 bits per heavy atom. The number of hydrogen-bond donors (Lipinski definition) is 2. The van der Waals surface area contributed by atoms with E-state index in [4.69, 9.17) is 0 Å². The molecule has 0 radical (unpaired) electrons. The standard InChI is InChI=1S/C20H19F3N4O3S/c1-10(2)25-17(29)16-11(3)15-18(31-16)24-9-27(19(15)30)8-14(28)26-13-6-4-5-12(7-13)20(21,22)23/h4-7,9-10H,8H2,1-3H3,(H,25,29)(H,26,28). The average Bonchev–Trinajstić information content (AvgIpc) is 3.00. The van der Waals surface area contributed by atoms with E-state index in [9.17, 15) is 27.6 Å². The van der Waals surface area contributed by atoms with Crippen molar-refractivity contribution in [3.05, 3.63) is 57.0 Å². The van der Waals surface area contributed by atoms with Gasteiger partial charge in [-0.3, -0.25) is 19.0 Å². The van der Waals surface area contributed by atoms with Crippen LogP contribution < -0.4 is 16.2 Å². The molecule has 11 heteroatoms. The molecule has 2 amide bonds. The van der Waals surface area contributed by atoms with Crippen molar-refractivity contribution in [2.45, 2.75) is 39.5 Å². The number of thiophene rings is 1. The van der Waals surface area contributed by atoms with Crippen LogP contribution in [0.4, 0.5) is 18.9 Å². The van der Waals surface area contributed by atoms with Gasteiger partial charge in [0.1, 0.15) is 11.4 Å². The largest absolute Gasteiger partial charge is 0.416 e. The van der Waals surface area contributed by atoms with Gasteiger partial charge in [-0.15, -0.1) is 11.3 Å². The molecular weight excluding hydrogens is 433 g/mol. The minimum absolute atomic E-state index is 0.0405. The van der Waals surface area contributed by atoms with Crippen LogP contribution in [-0.4, -0.2) is 27.4 Å². The summed E-state index contributed by atoms with van der Waals surface area (Å²) in [6.45, 7) is 4.81. The molecular formula is C20H19F3N4O3S. The van der Waals surface area contributed by atoms with Crippen LogP contribution in [0.1, 0.15) is 34.6 Å². The predicted octanol–water partition coefficient (Wildman–Crippen LogP) is 3.56. The van der Waals surface area contributed by atoms with Gasteiger partial charge in [0.2, 0.25) is 5.91 Å². The van der Waals surface area contributed by atoms with Gasteiger partial charge in [-0.2, -0.15) is 13.2 Å². The second-order valence-electron chi connectivity index (χ2n) is 7.17. The summed E-state index contributed by atoms with van der Waals surface area (Å²) in [6, 6.07) is 4.12. The number of amides is 2. The molecule has 0 fully saturated rings. The lowest BCUT2D eigenvalue weighted by Gasteiger charge is -2.10. The quantitative estimate of drug-likeness (QED) is 0.619. The highest BCUT2D eigenvalue weighted by atomic mass is 32.1. The molecule has 2 heterocycles. The van der Waals surface area contributed by atoms with Crippen molar-refractivity contribution in [1.29, 1.82) is 0 Å². The molecule has 0 aliphatic carbocycles. The second-order valence-corrected chi connectivity index (χ2v) is 8.17. The Morgan fingerprint density at radius 1 is 1.26 bits per heavy atom. The lowest BCUT2D eigenvalue weighted by molar-refractivity contribution is -0.137. The van der Waals surface area contributed by atoms with Gasteiger partial charge in [0.25, 0.3) is 11.5 Å². The molecule has 0 aliphatic rings. The first kappa shape index (κ1) is 22.5. The fraction of sp³-hybridized carbons (Fsp3) is 0.300. The Balaban J connectivity index is 1.84. The topological polar surface area (TPSA) is 93.1 Å². The van der Waals surface area contributed by atoms with Gasteiger partial charge >= 0.3 is 6.18 Å². The zero-order chi connectivity index (χ0) is 22.9. The van der Waals surface area contributed by atoms with Crippen LogP contribution in [0.15, 0.2) is 35.4 Å². The number of carbonyl (C=O) groups is 2. The third-order valence-electron chi connectivity index (χ3n) is 4.33. The Labute approximate surface area is 178 Å². The predicted molar refractivity (Wildman–Crippen MR) is 111 cm³/mol. The van der Waals surface area contributed by atoms with Crippen molar-refractivity contribution < 1.29 is 22.8 Å². The van der Waals surface area contributed by atoms with Crippen LogP contribution in [-0.2, 0) is 17.5 Å². The zero-order valence-electron chi connectivity index (χ0n) is 16.8. The lowest BCUT2D eigenvalue weighted by Crippen LogP contribution is -2.30. The fourth-order valence-corrected chi connectivity index (χ4v) is 3.99. The van der Waals surface area contributed by atoms with E-state index in [1.165, 1.54) is 18.5 Å². The summed E-state index contributed by atoms with van der Waals surface area (Å²) >= 11 is 1.08. The van der Waals surface area contributed by atoms with Crippen molar-refractivity contribution >= 4 is 39.1 Å². The minimum Gasteiger partial charge on any atom is -0.349 e. The van der Waals surface area contributed by atoms with Gasteiger partial charge in [-0.05, 0) is 44.5 Å². The second kappa shape index (κ2) is 8.50. The molecule has 0 bridgehead atoms. The van der Waals surface area contributed by atoms with Gasteiger partial charge < -0.3 is 10.6 Å². The number of carbonyl (C=O) groups excluding carboxylic acids is 2. The third-order valence-corrected chi connectivity index (χ3v) is 5.53. The number of benzene rings is 1. The first-order valence-corrected chi connectivity index (χ1v) is 10.1. The number of nitrogens with one attached hydrogen (secondary N) is 2. The van der Waals surface area contributed by atoms with E-state index >= 15 is 0 Å². The molecule has 3 aromatic rings. The summed E-state index contributed by atoms with van der Waals surface area (Å²) in [4.78, 5) is 42.4. The first-order valence-electron chi connectivity index (χ1n) is 9.24. The molecule has 164 valence electrons. The van der Waals surface area contributed by atoms with E-state index in [1.54, 1.807) is 6.92 Å². The SMILES string of the molecule is Cc1c(C(=O)NC(C)C)sc2ncn(CC(=O)Nc3cccc(C(F)(F)F)c3)c(=O)c12. The van der Waals surface area contributed by atoms with Crippen LogP contribution in [0.25, 0.3) is 10.2 Å². The molecule has 3 rings (SSSR count). The number of aromatic nitrogens is 2. The maximum absolute atomic E-state index is 12.9. The highest BCUT2D eigenvalue weighted by Crippen LogP contribution is 2.30. The van der Waals surface area contributed by atoms with Crippen LogP contribution >= 0.6 is 11.3 Å². The Bertz CT molecular complexity index is 1210. The lowest BCUT2D eigenvalue weighted by atomic mass is 10.2. The molecule has 31 heavy (non-hydrogen) atoms. The van der Waals surface area contributed by atoms with Gasteiger partial charge in [-0.25, -0.2) is 4.98 Å². The Morgan fingerprint density at radius 3 is 2.61 bits per heavy atom. The van der Waals surface area contributed by atoms with E-state index in [0.717, 1.165) is 28.0 Å². The maximum atomic E-state index is 12.9. The third kappa shape index (κ3) is 4.93. The summed E-state index contributed by atoms with van der Waals surface area (Å²) in [6.07, 6.45) is -3.36. The van der Waals surface area contributed by atoms with Crippen LogP contribution in [0.3, 0.4) is 0 Å². The number of rotatable bonds is 5. The number of fused-ring (bicyclic) bond motifs is 1. The number of nitrogens with zero attached hydrogens (tertiary/aromatic N) is 2. The molecule has 0 saturated carbocycles.